The predicted molar refractivity (Wildman–Crippen MR) is 115 cm³/mol. The Morgan fingerprint density at radius 2 is 1.60 bits per heavy atom. The van der Waals surface area contributed by atoms with E-state index in [9.17, 15) is 41.0 Å². The molecule has 184 valence electrons. The van der Waals surface area contributed by atoms with Gasteiger partial charge in [0.1, 0.15) is 5.76 Å². The molecule has 0 radical (unpaired) electrons. The summed E-state index contributed by atoms with van der Waals surface area (Å²) in [6, 6.07) is 8.56. The van der Waals surface area contributed by atoms with Crippen LogP contribution in [0, 0.1) is 5.92 Å². The van der Waals surface area contributed by atoms with Crippen molar-refractivity contribution < 1.29 is 45.8 Å². The first kappa shape index (κ1) is 24.9. The number of halogens is 6. The molecule has 0 amide bonds. The Balaban J connectivity index is 1.85. The summed E-state index contributed by atoms with van der Waals surface area (Å²) in [7, 11) is 0. The molecule has 2 aromatic rings. The molecule has 2 unspecified atom stereocenters. The van der Waals surface area contributed by atoms with Gasteiger partial charge in [0.15, 0.2) is 5.92 Å². The Kier molecular flexibility index (Phi) is 6.48. The van der Waals surface area contributed by atoms with Crippen LogP contribution in [-0.4, -0.2) is 28.6 Å². The summed E-state index contributed by atoms with van der Waals surface area (Å²) in [5, 5.41) is 9.69. The van der Waals surface area contributed by atoms with Crippen LogP contribution in [0.1, 0.15) is 28.2 Å². The first-order valence-corrected chi connectivity index (χ1v) is 11.3. The molecule has 2 aliphatic heterocycles. The SMILES string of the molecule is O=C(O)C1C(=O)OC2=C(CSCC2=Cc2cccc(C(F)(F)F)c2)C1c1cccc(C(F)(F)F)c1. The lowest BCUT2D eigenvalue weighted by Crippen LogP contribution is -2.39. The number of hydrogen-bond acceptors (Lipinski definition) is 4. The van der Waals surface area contributed by atoms with Gasteiger partial charge in [-0.05, 0) is 41.0 Å². The number of rotatable bonds is 3. The van der Waals surface area contributed by atoms with Crippen LogP contribution in [0.5, 0.6) is 0 Å². The number of carboxylic acids is 1. The third-order valence-corrected chi connectivity index (χ3v) is 6.69. The first-order valence-electron chi connectivity index (χ1n) is 10.2. The molecule has 1 N–H and O–H groups in total. The van der Waals surface area contributed by atoms with Crippen LogP contribution < -0.4 is 0 Å². The zero-order valence-electron chi connectivity index (χ0n) is 17.6. The maximum Gasteiger partial charge on any atom is 0.416 e. The predicted octanol–water partition coefficient (Wildman–Crippen LogP) is 6.15. The van der Waals surface area contributed by atoms with E-state index in [0.29, 0.717) is 11.1 Å². The van der Waals surface area contributed by atoms with Gasteiger partial charge in [-0.15, -0.1) is 0 Å². The van der Waals surface area contributed by atoms with Crippen LogP contribution in [0.2, 0.25) is 0 Å². The van der Waals surface area contributed by atoms with Crippen molar-refractivity contribution >= 4 is 29.8 Å². The number of allylic oxidation sites excluding steroid dienone is 1. The van der Waals surface area contributed by atoms with Crippen molar-refractivity contribution in [1.82, 2.24) is 0 Å². The van der Waals surface area contributed by atoms with Crippen molar-refractivity contribution in [2.24, 2.45) is 5.92 Å². The molecule has 0 fully saturated rings. The minimum atomic E-state index is -4.68. The molecular weight excluding hydrogens is 498 g/mol. The van der Waals surface area contributed by atoms with Gasteiger partial charge in [-0.2, -0.15) is 38.1 Å². The normalized spacial score (nSPS) is 22.1. The number of ether oxygens (including phenoxy) is 1. The smallest absolute Gasteiger partial charge is 0.416 e. The van der Waals surface area contributed by atoms with E-state index in [0.717, 1.165) is 30.3 Å². The van der Waals surface area contributed by atoms with Gasteiger partial charge in [-0.1, -0.05) is 30.3 Å². The molecule has 2 aromatic carbocycles. The van der Waals surface area contributed by atoms with Crippen molar-refractivity contribution in [3.8, 4) is 0 Å². The van der Waals surface area contributed by atoms with E-state index in [1.54, 1.807) is 0 Å². The monoisotopic (exact) mass is 514 g/mol. The molecule has 0 saturated heterocycles. The molecule has 4 rings (SSSR count). The van der Waals surface area contributed by atoms with E-state index >= 15 is 0 Å². The highest BCUT2D eigenvalue weighted by molar-refractivity contribution is 7.99. The van der Waals surface area contributed by atoms with Gasteiger partial charge >= 0.3 is 24.3 Å². The van der Waals surface area contributed by atoms with Crippen LogP contribution in [-0.2, 0) is 26.7 Å². The number of carboxylic acid groups (broad SMARTS) is 1. The quantitative estimate of drug-likeness (QED) is 0.303. The lowest BCUT2D eigenvalue weighted by atomic mass is 9.77. The van der Waals surface area contributed by atoms with E-state index < -0.39 is 47.3 Å². The molecule has 0 bridgehead atoms. The molecule has 2 heterocycles. The van der Waals surface area contributed by atoms with Crippen LogP contribution in [0.15, 0.2) is 65.4 Å². The summed E-state index contributed by atoms with van der Waals surface area (Å²) in [4.78, 5) is 24.6. The summed E-state index contributed by atoms with van der Waals surface area (Å²) < 4.78 is 84.6. The van der Waals surface area contributed by atoms with Gasteiger partial charge in [0.25, 0.3) is 0 Å². The lowest BCUT2D eigenvalue weighted by molar-refractivity contribution is -0.158. The fourth-order valence-corrected chi connectivity index (χ4v) is 5.20. The summed E-state index contributed by atoms with van der Waals surface area (Å²) in [5.74, 6) is -5.30. The highest BCUT2D eigenvalue weighted by Gasteiger charge is 2.47. The minimum absolute atomic E-state index is 0.00827. The maximum absolute atomic E-state index is 13.3. The van der Waals surface area contributed by atoms with E-state index in [-0.39, 0.29) is 28.4 Å². The maximum atomic E-state index is 13.3. The highest BCUT2D eigenvalue weighted by atomic mass is 32.2. The lowest BCUT2D eigenvalue weighted by Gasteiger charge is -2.35. The Morgan fingerprint density at radius 3 is 2.23 bits per heavy atom. The van der Waals surface area contributed by atoms with Crippen LogP contribution in [0.4, 0.5) is 26.3 Å². The van der Waals surface area contributed by atoms with Crippen LogP contribution in [0.25, 0.3) is 6.08 Å². The third kappa shape index (κ3) is 5.09. The number of thioether (sulfide) groups is 1. The first-order chi connectivity index (χ1) is 16.4. The van der Waals surface area contributed by atoms with E-state index in [1.807, 2.05) is 0 Å². The fourth-order valence-electron chi connectivity index (χ4n) is 4.13. The molecule has 0 aliphatic carbocycles. The van der Waals surface area contributed by atoms with Crippen molar-refractivity contribution in [2.45, 2.75) is 18.3 Å². The standard InChI is InChI=1S/C24H16F6O4S/c25-23(26,27)15-5-1-3-12(8-15)7-14-10-35-11-17-18(19(21(31)32)22(33)34-20(14)17)13-4-2-6-16(9-13)24(28,29)30/h1-9,18-19H,10-11H2,(H,31,32). The van der Waals surface area contributed by atoms with E-state index in [2.05, 4.69) is 0 Å². The van der Waals surface area contributed by atoms with Crippen molar-refractivity contribution in [2.75, 3.05) is 11.5 Å². The number of hydrogen-bond donors (Lipinski definition) is 1. The molecule has 4 nitrogen and oxygen atoms in total. The second kappa shape index (κ2) is 9.10. The Bertz CT molecular complexity index is 1250. The largest absolute Gasteiger partial charge is 0.481 e. The van der Waals surface area contributed by atoms with E-state index in [4.69, 9.17) is 4.74 Å². The average molecular weight is 514 g/mol. The van der Waals surface area contributed by atoms with Gasteiger partial charge in [0, 0.05) is 23.0 Å². The second-order valence-electron chi connectivity index (χ2n) is 7.98. The van der Waals surface area contributed by atoms with Crippen molar-refractivity contribution in [3.63, 3.8) is 0 Å². The van der Waals surface area contributed by atoms with Crippen LogP contribution >= 0.6 is 11.8 Å². The summed E-state index contributed by atoms with van der Waals surface area (Å²) in [6.45, 7) is 0. The highest BCUT2D eigenvalue weighted by Crippen LogP contribution is 2.47. The van der Waals surface area contributed by atoms with Gasteiger partial charge in [-0.3, -0.25) is 9.59 Å². The summed E-state index contributed by atoms with van der Waals surface area (Å²) >= 11 is 1.29. The molecule has 35 heavy (non-hydrogen) atoms. The number of esters is 1. The molecule has 2 atom stereocenters. The fraction of sp³-hybridized carbons (Fsp3) is 0.250. The van der Waals surface area contributed by atoms with Gasteiger partial charge in [-0.25, -0.2) is 0 Å². The zero-order chi connectivity index (χ0) is 25.5. The molecule has 0 aromatic heterocycles. The molecule has 2 aliphatic rings. The second-order valence-corrected chi connectivity index (χ2v) is 8.96. The van der Waals surface area contributed by atoms with Crippen molar-refractivity contribution in [3.05, 3.63) is 87.7 Å². The van der Waals surface area contributed by atoms with E-state index in [1.165, 1.54) is 36.0 Å². The summed E-state index contributed by atoms with van der Waals surface area (Å²) in [6.07, 6.45) is -7.85. The molecule has 0 saturated carbocycles. The average Bonchev–Trinajstić information content (AvgIpc) is 2.77. The zero-order valence-corrected chi connectivity index (χ0v) is 18.4. The number of carbonyl (C=O) groups excluding carboxylic acids is 1. The Hall–Kier alpha value is -3.21. The number of benzene rings is 2. The molecule has 11 heteroatoms. The molecule has 0 spiro atoms. The molecular formula is C24H16F6O4S. The van der Waals surface area contributed by atoms with Crippen LogP contribution in [0.3, 0.4) is 0 Å². The number of aliphatic carboxylic acids is 1. The van der Waals surface area contributed by atoms with Gasteiger partial charge < -0.3 is 9.84 Å². The summed E-state index contributed by atoms with van der Waals surface area (Å²) in [5.41, 5.74) is -1.08. The topological polar surface area (TPSA) is 63.6 Å². The number of carbonyl (C=O) groups is 2. The number of alkyl halides is 6. The Labute approximate surface area is 199 Å². The Morgan fingerprint density at radius 1 is 0.971 bits per heavy atom. The van der Waals surface area contributed by atoms with Crippen molar-refractivity contribution in [1.29, 1.82) is 0 Å². The van der Waals surface area contributed by atoms with Gasteiger partial charge in [0.05, 0.1) is 11.1 Å². The third-order valence-electron chi connectivity index (χ3n) is 5.66. The minimum Gasteiger partial charge on any atom is -0.481 e. The van der Waals surface area contributed by atoms with Gasteiger partial charge in [0.2, 0.25) is 0 Å².